The van der Waals surface area contributed by atoms with Crippen molar-refractivity contribution in [2.45, 2.75) is 0 Å². The molecule has 0 radical (unpaired) electrons. The van der Waals surface area contributed by atoms with Gasteiger partial charge in [-0.05, 0) is 30.3 Å². The number of carbonyl (C=O) groups is 1. The Morgan fingerprint density at radius 3 is 2.67 bits per heavy atom. The molecule has 0 bridgehead atoms. The third kappa shape index (κ3) is 3.38. The summed E-state index contributed by atoms with van der Waals surface area (Å²) in [6.07, 6.45) is 1.72. The van der Waals surface area contributed by atoms with E-state index in [2.05, 4.69) is 15.4 Å². The number of thiazole rings is 1. The number of nitrogens with zero attached hydrogens (tertiary/aromatic N) is 3. The van der Waals surface area contributed by atoms with Crippen LogP contribution in [0.25, 0.3) is 21.3 Å². The fraction of sp³-hybridized carbons (Fsp3) is 0.0556. The first-order valence-corrected chi connectivity index (χ1v) is 9.52. The lowest BCUT2D eigenvalue weighted by Gasteiger charge is -2.04. The average molecular weight is 402 g/mol. The molecule has 0 fully saturated rings. The summed E-state index contributed by atoms with van der Waals surface area (Å²) in [5.74, 6) is -2.62. The van der Waals surface area contributed by atoms with Crippen LogP contribution >= 0.6 is 22.7 Å². The number of rotatable bonds is 4. The van der Waals surface area contributed by atoms with Crippen molar-refractivity contribution in [3.8, 4) is 21.3 Å². The fourth-order valence-corrected chi connectivity index (χ4v) is 4.13. The normalized spacial score (nSPS) is 10.9. The summed E-state index contributed by atoms with van der Waals surface area (Å²) in [5, 5.41) is 10.2. The van der Waals surface area contributed by atoms with Crippen LogP contribution in [0.4, 0.5) is 13.8 Å². The first-order chi connectivity index (χ1) is 13.0. The van der Waals surface area contributed by atoms with Gasteiger partial charge in [-0.3, -0.25) is 9.48 Å². The Hall–Kier alpha value is -2.91. The average Bonchev–Trinajstić information content (AvgIpc) is 3.35. The van der Waals surface area contributed by atoms with Gasteiger partial charge in [0.15, 0.2) is 0 Å². The van der Waals surface area contributed by atoms with Crippen molar-refractivity contribution in [3.05, 3.63) is 65.2 Å². The summed E-state index contributed by atoms with van der Waals surface area (Å²) in [6.45, 7) is 0. The van der Waals surface area contributed by atoms with Crippen molar-refractivity contribution in [2.24, 2.45) is 7.05 Å². The third-order valence-electron chi connectivity index (χ3n) is 3.82. The van der Waals surface area contributed by atoms with Crippen LogP contribution in [0.2, 0.25) is 0 Å². The number of benzene rings is 1. The Labute approximate surface area is 160 Å². The molecule has 3 heterocycles. The predicted molar refractivity (Wildman–Crippen MR) is 102 cm³/mol. The Kier molecular flexibility index (Phi) is 4.54. The number of halogens is 2. The summed E-state index contributed by atoms with van der Waals surface area (Å²) < 4.78 is 29.2. The molecule has 0 saturated heterocycles. The Balaban J connectivity index is 1.58. The van der Waals surface area contributed by atoms with Gasteiger partial charge >= 0.3 is 0 Å². The quantitative estimate of drug-likeness (QED) is 0.533. The number of carbonyl (C=O) groups excluding carboxylic acids is 1. The maximum Gasteiger partial charge on any atom is 0.262 e. The zero-order valence-electron chi connectivity index (χ0n) is 13.9. The van der Waals surface area contributed by atoms with Crippen molar-refractivity contribution in [1.29, 1.82) is 0 Å². The summed E-state index contributed by atoms with van der Waals surface area (Å²) in [4.78, 5) is 17.3. The molecule has 9 heteroatoms. The van der Waals surface area contributed by atoms with Gasteiger partial charge in [0.2, 0.25) is 0 Å². The van der Waals surface area contributed by atoms with Crippen LogP contribution in [0, 0.1) is 11.6 Å². The number of hydrogen-bond acceptors (Lipinski definition) is 5. The first-order valence-electron chi connectivity index (χ1n) is 7.82. The van der Waals surface area contributed by atoms with Crippen LogP contribution in [0.15, 0.2) is 48.0 Å². The molecule has 0 aliphatic heterocycles. The maximum absolute atomic E-state index is 13.8. The summed E-state index contributed by atoms with van der Waals surface area (Å²) >= 11 is 2.79. The van der Waals surface area contributed by atoms with Crippen LogP contribution < -0.4 is 5.32 Å². The molecule has 1 N–H and O–H groups in total. The van der Waals surface area contributed by atoms with Gasteiger partial charge in [0, 0.05) is 18.6 Å². The van der Waals surface area contributed by atoms with Gasteiger partial charge in [-0.1, -0.05) is 6.07 Å². The number of nitrogens with one attached hydrogen (secondary N) is 1. The van der Waals surface area contributed by atoms with E-state index in [4.69, 9.17) is 0 Å². The highest BCUT2D eigenvalue weighted by molar-refractivity contribution is 7.19. The van der Waals surface area contributed by atoms with Crippen LogP contribution in [0.3, 0.4) is 0 Å². The highest BCUT2D eigenvalue weighted by Gasteiger charge is 2.18. The molecule has 0 spiro atoms. The van der Waals surface area contributed by atoms with E-state index >= 15 is 0 Å². The van der Waals surface area contributed by atoms with Gasteiger partial charge in [-0.2, -0.15) is 5.10 Å². The van der Waals surface area contributed by atoms with E-state index in [9.17, 15) is 13.6 Å². The molecular formula is C18H12F2N4OS2. The minimum atomic E-state index is -0.899. The zero-order valence-corrected chi connectivity index (χ0v) is 15.6. The van der Waals surface area contributed by atoms with E-state index in [0.29, 0.717) is 5.00 Å². The number of thiophene rings is 1. The molecule has 1 aromatic carbocycles. The molecule has 0 saturated carbocycles. The number of anilines is 1. The molecule has 0 aliphatic carbocycles. The van der Waals surface area contributed by atoms with E-state index in [1.54, 1.807) is 16.9 Å². The van der Waals surface area contributed by atoms with Crippen LogP contribution in [0.5, 0.6) is 0 Å². The molecule has 3 aromatic heterocycles. The first kappa shape index (κ1) is 17.5. The monoisotopic (exact) mass is 402 g/mol. The van der Waals surface area contributed by atoms with E-state index in [-0.39, 0.29) is 0 Å². The third-order valence-corrected chi connectivity index (χ3v) is 5.64. The van der Waals surface area contributed by atoms with Crippen molar-refractivity contribution in [1.82, 2.24) is 14.8 Å². The number of hydrogen-bond donors (Lipinski definition) is 1. The molecule has 4 aromatic rings. The number of aromatic nitrogens is 3. The Morgan fingerprint density at radius 1 is 1.19 bits per heavy atom. The molecule has 4 rings (SSSR count). The molecule has 0 atom stereocenters. The molecule has 5 nitrogen and oxygen atoms in total. The Bertz CT molecular complexity index is 1100. The topological polar surface area (TPSA) is 59.8 Å². The van der Waals surface area contributed by atoms with E-state index < -0.39 is 23.1 Å². The Morgan fingerprint density at radius 2 is 1.96 bits per heavy atom. The van der Waals surface area contributed by atoms with Gasteiger partial charge in [0.05, 0.1) is 15.6 Å². The van der Waals surface area contributed by atoms with Crippen molar-refractivity contribution >= 4 is 33.6 Å². The van der Waals surface area contributed by atoms with E-state index in [0.717, 1.165) is 33.4 Å². The summed E-state index contributed by atoms with van der Waals surface area (Å²) in [6, 6.07) is 8.73. The molecule has 27 heavy (non-hydrogen) atoms. The van der Waals surface area contributed by atoms with Crippen LogP contribution in [-0.2, 0) is 7.05 Å². The van der Waals surface area contributed by atoms with Gasteiger partial charge in [0.1, 0.15) is 27.9 Å². The lowest BCUT2D eigenvalue weighted by atomic mass is 10.2. The summed E-state index contributed by atoms with van der Waals surface area (Å²) in [5.41, 5.74) is 1.01. The van der Waals surface area contributed by atoms with Gasteiger partial charge in [0.25, 0.3) is 5.91 Å². The lowest BCUT2D eigenvalue weighted by molar-refractivity contribution is 0.101. The lowest BCUT2D eigenvalue weighted by Crippen LogP contribution is -2.14. The SMILES string of the molecule is Cn1nc(-c2nccs2)cc1-c1ccc(NC(=O)c2c(F)cccc2F)s1. The zero-order chi connectivity index (χ0) is 19.0. The van der Waals surface area contributed by atoms with E-state index in [1.165, 1.54) is 28.7 Å². The van der Waals surface area contributed by atoms with Gasteiger partial charge in [-0.15, -0.1) is 22.7 Å². The minimum absolute atomic E-state index is 0.481. The van der Waals surface area contributed by atoms with Crippen molar-refractivity contribution in [2.75, 3.05) is 5.32 Å². The molecular weight excluding hydrogens is 390 g/mol. The molecule has 0 unspecified atom stereocenters. The molecule has 136 valence electrons. The maximum atomic E-state index is 13.8. The van der Waals surface area contributed by atoms with Crippen molar-refractivity contribution in [3.63, 3.8) is 0 Å². The van der Waals surface area contributed by atoms with Crippen LogP contribution in [-0.4, -0.2) is 20.7 Å². The highest BCUT2D eigenvalue weighted by atomic mass is 32.1. The minimum Gasteiger partial charge on any atom is -0.313 e. The second kappa shape index (κ2) is 7.01. The number of amides is 1. The molecule has 1 amide bonds. The van der Waals surface area contributed by atoms with Gasteiger partial charge in [-0.25, -0.2) is 13.8 Å². The molecule has 0 aliphatic rings. The highest BCUT2D eigenvalue weighted by Crippen LogP contribution is 2.34. The largest absolute Gasteiger partial charge is 0.313 e. The van der Waals surface area contributed by atoms with Crippen LogP contribution in [0.1, 0.15) is 10.4 Å². The second-order valence-corrected chi connectivity index (χ2v) is 7.57. The smallest absolute Gasteiger partial charge is 0.262 e. The predicted octanol–water partition coefficient (Wildman–Crippen LogP) is 4.80. The fourth-order valence-electron chi connectivity index (χ4n) is 2.58. The van der Waals surface area contributed by atoms with E-state index in [1.807, 2.05) is 24.6 Å². The van der Waals surface area contributed by atoms with Crippen molar-refractivity contribution < 1.29 is 13.6 Å². The number of aryl methyl sites for hydroxylation is 1. The summed E-state index contributed by atoms with van der Waals surface area (Å²) in [7, 11) is 1.82. The standard InChI is InChI=1S/C18H12F2N4OS2/c1-24-13(9-12(23-24)18-21-7-8-26-18)14-5-6-15(27-14)22-17(25)16-10(19)3-2-4-11(16)20/h2-9H,1H3,(H,22,25). The van der Waals surface area contributed by atoms with Gasteiger partial charge < -0.3 is 5.32 Å². The second-order valence-electron chi connectivity index (χ2n) is 5.59.